The first-order valence-electron chi connectivity index (χ1n) is 18.5. The molecule has 0 aliphatic heterocycles. The first-order valence-corrected chi connectivity index (χ1v) is 18.5. The van der Waals surface area contributed by atoms with E-state index in [1.165, 1.54) is 92.6 Å². The SMILES string of the molecule is CCc1nc2ccccc2n1-c1ccc(-c2ccc(-c3cccc4c5cccc6ccc7cccc(c8ccccc8c34)c7c65)cc2)c2ccccc12. The average Bonchev–Trinajstić information content (AvgIpc) is 3.60. The summed E-state index contributed by atoms with van der Waals surface area (Å²) in [4.78, 5) is 4.98. The second-order valence-electron chi connectivity index (χ2n) is 14.1. The topological polar surface area (TPSA) is 17.8 Å². The molecule has 0 spiro atoms. The van der Waals surface area contributed by atoms with Gasteiger partial charge in [-0.3, -0.25) is 4.57 Å². The highest BCUT2D eigenvalue weighted by Crippen LogP contribution is 2.43. The van der Waals surface area contributed by atoms with Crippen molar-refractivity contribution in [3.8, 4) is 27.9 Å². The summed E-state index contributed by atoms with van der Waals surface area (Å²) in [7, 11) is 0. The Morgan fingerprint density at radius 3 is 1.64 bits per heavy atom. The zero-order chi connectivity index (χ0) is 35.0. The molecule has 0 atom stereocenters. The molecule has 2 nitrogen and oxygen atoms in total. The van der Waals surface area contributed by atoms with Crippen LogP contribution in [0, 0.1) is 0 Å². The number of imidazole rings is 1. The second kappa shape index (κ2) is 11.6. The minimum Gasteiger partial charge on any atom is -0.296 e. The summed E-state index contributed by atoms with van der Waals surface area (Å²) in [5.41, 5.74) is 8.21. The summed E-state index contributed by atoms with van der Waals surface area (Å²) < 4.78 is 2.34. The van der Waals surface area contributed by atoms with Gasteiger partial charge in [-0.15, -0.1) is 0 Å². The lowest BCUT2D eigenvalue weighted by Crippen LogP contribution is -2.01. The molecule has 53 heavy (non-hydrogen) atoms. The number of benzene rings is 9. The molecular formula is C51H34N2. The van der Waals surface area contributed by atoms with Gasteiger partial charge in [0.05, 0.1) is 16.7 Å². The molecule has 0 amide bonds. The quantitative estimate of drug-likeness (QED) is 0.170. The minimum absolute atomic E-state index is 0.858. The summed E-state index contributed by atoms with van der Waals surface area (Å²) in [6.07, 6.45) is 0.858. The summed E-state index contributed by atoms with van der Waals surface area (Å²) in [5.74, 6) is 1.07. The van der Waals surface area contributed by atoms with Crippen LogP contribution >= 0.6 is 0 Å². The van der Waals surface area contributed by atoms with E-state index < -0.39 is 0 Å². The summed E-state index contributed by atoms with van der Waals surface area (Å²) in [5, 5.41) is 15.3. The number of para-hydroxylation sites is 2. The van der Waals surface area contributed by atoms with Crippen LogP contribution < -0.4 is 0 Å². The molecule has 1 aromatic heterocycles. The van der Waals surface area contributed by atoms with Crippen molar-refractivity contribution in [2.75, 3.05) is 0 Å². The molecule has 1 heterocycles. The Bertz CT molecular complexity index is 3260. The molecule has 0 fully saturated rings. The van der Waals surface area contributed by atoms with E-state index in [4.69, 9.17) is 4.98 Å². The molecule has 0 radical (unpaired) electrons. The highest BCUT2D eigenvalue weighted by atomic mass is 15.1. The number of hydrogen-bond acceptors (Lipinski definition) is 1. The lowest BCUT2D eigenvalue weighted by molar-refractivity contribution is 0.913. The van der Waals surface area contributed by atoms with Crippen LogP contribution in [0.4, 0.5) is 0 Å². The number of hydrogen-bond donors (Lipinski definition) is 0. The molecule has 11 rings (SSSR count). The Hall–Kier alpha value is -6.77. The van der Waals surface area contributed by atoms with Crippen LogP contribution in [0.15, 0.2) is 176 Å². The van der Waals surface area contributed by atoms with Crippen molar-refractivity contribution in [3.63, 3.8) is 0 Å². The largest absolute Gasteiger partial charge is 0.296 e. The molecule has 0 bridgehead atoms. The van der Waals surface area contributed by atoms with Crippen molar-refractivity contribution in [2.24, 2.45) is 0 Å². The van der Waals surface area contributed by atoms with Crippen LogP contribution in [-0.4, -0.2) is 9.55 Å². The molecule has 0 N–H and O–H groups in total. The van der Waals surface area contributed by atoms with Gasteiger partial charge in [0.15, 0.2) is 0 Å². The monoisotopic (exact) mass is 674 g/mol. The average molecular weight is 675 g/mol. The predicted molar refractivity (Wildman–Crippen MR) is 226 cm³/mol. The number of aromatic nitrogens is 2. The third kappa shape index (κ3) is 4.42. The number of fused-ring (bicyclic) bond motifs is 7. The lowest BCUT2D eigenvalue weighted by atomic mass is 9.87. The van der Waals surface area contributed by atoms with Crippen LogP contribution in [0.3, 0.4) is 0 Å². The van der Waals surface area contributed by atoms with Gasteiger partial charge in [-0.1, -0.05) is 165 Å². The summed E-state index contributed by atoms with van der Waals surface area (Å²) in [6.45, 7) is 2.18. The second-order valence-corrected chi connectivity index (χ2v) is 14.1. The van der Waals surface area contributed by atoms with Crippen molar-refractivity contribution >= 4 is 75.7 Å². The van der Waals surface area contributed by atoms with Gasteiger partial charge in [0, 0.05) is 11.8 Å². The van der Waals surface area contributed by atoms with E-state index in [9.17, 15) is 0 Å². The van der Waals surface area contributed by atoms with E-state index in [1.54, 1.807) is 0 Å². The van der Waals surface area contributed by atoms with Crippen LogP contribution in [0.2, 0.25) is 0 Å². The molecule has 248 valence electrons. The van der Waals surface area contributed by atoms with Gasteiger partial charge in [0.1, 0.15) is 5.82 Å². The van der Waals surface area contributed by atoms with Crippen molar-refractivity contribution in [1.29, 1.82) is 0 Å². The Morgan fingerprint density at radius 1 is 0.396 bits per heavy atom. The summed E-state index contributed by atoms with van der Waals surface area (Å²) >= 11 is 0. The number of rotatable bonds is 4. The van der Waals surface area contributed by atoms with Gasteiger partial charge >= 0.3 is 0 Å². The fraction of sp³-hybridized carbons (Fsp3) is 0.0392. The van der Waals surface area contributed by atoms with E-state index in [1.807, 2.05) is 0 Å². The molecule has 11 aromatic rings. The van der Waals surface area contributed by atoms with Crippen molar-refractivity contribution in [3.05, 3.63) is 182 Å². The van der Waals surface area contributed by atoms with Gasteiger partial charge in [-0.2, -0.15) is 0 Å². The maximum atomic E-state index is 4.98. The standard InChI is InChI=1S/C51H34N2/c1-2-48-52-45-22-7-8-23-47(45)53(48)46-31-30-36(38-14-3-5-16-40(38)46)32-24-26-33(27-25-32)37-18-11-21-44-43-20-10-13-35-29-28-34-12-9-19-41(49(34)50(35)43)39-15-4-6-17-42(39)51(37)44/h3-31H,2H2,1H3. The zero-order valence-corrected chi connectivity index (χ0v) is 29.3. The van der Waals surface area contributed by atoms with E-state index in [-0.39, 0.29) is 0 Å². The van der Waals surface area contributed by atoms with Crippen LogP contribution in [0.25, 0.3) is 104 Å². The van der Waals surface area contributed by atoms with Gasteiger partial charge in [0.25, 0.3) is 0 Å². The molecular weight excluding hydrogens is 641 g/mol. The molecule has 0 saturated carbocycles. The normalized spacial score (nSPS) is 11.9. The minimum atomic E-state index is 0.858. The molecule has 0 aliphatic carbocycles. The molecule has 2 heteroatoms. The van der Waals surface area contributed by atoms with E-state index >= 15 is 0 Å². The van der Waals surface area contributed by atoms with Crippen LogP contribution in [0.5, 0.6) is 0 Å². The highest BCUT2D eigenvalue weighted by Gasteiger charge is 2.17. The van der Waals surface area contributed by atoms with Crippen molar-refractivity contribution in [1.82, 2.24) is 9.55 Å². The van der Waals surface area contributed by atoms with Gasteiger partial charge in [0.2, 0.25) is 0 Å². The number of aryl methyl sites for hydroxylation is 1. The fourth-order valence-corrected chi connectivity index (χ4v) is 8.99. The highest BCUT2D eigenvalue weighted by molar-refractivity contribution is 6.34. The van der Waals surface area contributed by atoms with E-state index in [0.29, 0.717) is 0 Å². The third-order valence-electron chi connectivity index (χ3n) is 11.3. The van der Waals surface area contributed by atoms with Crippen molar-refractivity contribution in [2.45, 2.75) is 13.3 Å². The van der Waals surface area contributed by atoms with Crippen molar-refractivity contribution < 1.29 is 0 Å². The Labute approximate surface area is 307 Å². The van der Waals surface area contributed by atoms with Crippen LogP contribution in [-0.2, 0) is 6.42 Å². The molecule has 0 saturated heterocycles. The number of nitrogens with zero attached hydrogens (tertiary/aromatic N) is 2. The molecule has 10 aromatic carbocycles. The van der Waals surface area contributed by atoms with Crippen LogP contribution in [0.1, 0.15) is 12.7 Å². The van der Waals surface area contributed by atoms with E-state index in [0.717, 1.165) is 23.3 Å². The van der Waals surface area contributed by atoms with E-state index in [2.05, 4.69) is 187 Å². The Morgan fingerprint density at radius 2 is 0.925 bits per heavy atom. The molecule has 0 unspecified atom stereocenters. The zero-order valence-electron chi connectivity index (χ0n) is 29.3. The maximum absolute atomic E-state index is 4.98. The smallest absolute Gasteiger partial charge is 0.114 e. The lowest BCUT2D eigenvalue weighted by Gasteiger charge is -2.16. The first-order chi connectivity index (χ1) is 26.3. The van der Waals surface area contributed by atoms with Gasteiger partial charge < -0.3 is 0 Å². The summed E-state index contributed by atoms with van der Waals surface area (Å²) in [6, 6.07) is 64.9. The third-order valence-corrected chi connectivity index (χ3v) is 11.3. The van der Waals surface area contributed by atoms with Gasteiger partial charge in [-0.25, -0.2) is 4.98 Å². The molecule has 0 aliphatic rings. The first kappa shape index (κ1) is 29.9. The maximum Gasteiger partial charge on any atom is 0.114 e. The fourth-order valence-electron chi connectivity index (χ4n) is 8.99. The Kier molecular flexibility index (Phi) is 6.56. The Balaban J connectivity index is 1.13. The predicted octanol–water partition coefficient (Wildman–Crippen LogP) is 13.8. The van der Waals surface area contributed by atoms with Gasteiger partial charge in [-0.05, 0) is 99.7 Å².